The first-order valence-corrected chi connectivity index (χ1v) is 14.2. The van der Waals surface area contributed by atoms with Crippen LogP contribution in [-0.2, 0) is 5.41 Å². The van der Waals surface area contributed by atoms with Crippen molar-refractivity contribution in [2.24, 2.45) is 5.92 Å². The third-order valence-electron chi connectivity index (χ3n) is 8.79. The number of aromatic nitrogens is 2. The molecule has 0 bridgehead atoms. The van der Waals surface area contributed by atoms with Gasteiger partial charge in [-0.25, -0.2) is 4.98 Å². The van der Waals surface area contributed by atoms with Gasteiger partial charge in [-0.05, 0) is 73.1 Å². The van der Waals surface area contributed by atoms with Crippen molar-refractivity contribution in [3.63, 3.8) is 0 Å². The van der Waals surface area contributed by atoms with Crippen molar-refractivity contribution in [2.45, 2.75) is 53.9 Å². The number of nitrogens with zero attached hydrogens (tertiary/aromatic N) is 3. The number of fused-ring (bicyclic) bond motifs is 3. The monoisotopic (exact) mass is 537 g/mol. The molecule has 0 N–H and O–H groups in total. The van der Waals surface area contributed by atoms with Gasteiger partial charge in [-0.2, -0.15) is 5.26 Å². The number of rotatable bonds is 5. The summed E-state index contributed by atoms with van der Waals surface area (Å²) in [4.78, 5) is 5.35. The van der Waals surface area contributed by atoms with E-state index < -0.39 is 0 Å². The lowest BCUT2D eigenvalue weighted by Gasteiger charge is -2.32. The van der Waals surface area contributed by atoms with Gasteiger partial charge in [0.2, 0.25) is 0 Å². The van der Waals surface area contributed by atoms with Crippen molar-refractivity contribution in [2.75, 3.05) is 0 Å². The first-order valence-electron chi connectivity index (χ1n) is 14.2. The highest BCUT2D eigenvalue weighted by molar-refractivity contribution is 6.09. The molecule has 0 amide bonds. The molecule has 0 unspecified atom stereocenters. The highest BCUT2D eigenvalue weighted by Crippen LogP contribution is 2.42. The van der Waals surface area contributed by atoms with Crippen molar-refractivity contribution in [3.05, 3.63) is 107 Å². The van der Waals surface area contributed by atoms with Crippen LogP contribution in [0.25, 0.3) is 50.3 Å². The average molecular weight is 538 g/mol. The van der Waals surface area contributed by atoms with Crippen LogP contribution >= 0.6 is 0 Å². The molecule has 0 aliphatic carbocycles. The zero-order chi connectivity index (χ0) is 29.1. The summed E-state index contributed by atoms with van der Waals surface area (Å²) in [5, 5.41) is 12.1. The number of imidazole rings is 1. The number of hydrogen-bond donors (Lipinski definition) is 0. The second-order valence-electron chi connectivity index (χ2n) is 12.1. The minimum absolute atomic E-state index is 0.142. The predicted molar refractivity (Wildman–Crippen MR) is 169 cm³/mol. The maximum Gasteiger partial charge on any atom is 0.145 e. The normalized spacial score (nSPS) is 12.0. The first kappa shape index (κ1) is 26.6. The smallest absolute Gasteiger partial charge is 0.145 e. The number of benzene rings is 4. The highest BCUT2D eigenvalue weighted by atomic mass is 16.3. The Balaban J connectivity index is 1.70. The largest absolute Gasteiger partial charge is 0.455 e. The third-order valence-corrected chi connectivity index (χ3v) is 8.79. The number of hydrogen-bond acceptors (Lipinski definition) is 3. The Hall–Kier alpha value is -4.62. The fourth-order valence-electron chi connectivity index (χ4n) is 6.04. The van der Waals surface area contributed by atoms with Crippen molar-refractivity contribution in [1.29, 1.82) is 5.26 Å². The van der Waals surface area contributed by atoms with E-state index in [0.717, 1.165) is 50.3 Å². The molecule has 204 valence electrons. The SMILES string of the molecule is Cc1cc(C)c(-n2cc(-c3cccc4c3oc3ccccc34)nc2-c2cc(C#N)ccc2C(C)(C)C(C)C)c(C)c1. The maximum absolute atomic E-state index is 9.90. The number of furan rings is 1. The molecule has 0 aliphatic rings. The molecule has 0 spiro atoms. The van der Waals surface area contributed by atoms with Crippen LogP contribution in [0, 0.1) is 38.0 Å². The van der Waals surface area contributed by atoms with Gasteiger partial charge in [-0.3, -0.25) is 4.57 Å². The molecule has 2 aromatic heterocycles. The Labute approximate surface area is 241 Å². The predicted octanol–water partition coefficient (Wildman–Crippen LogP) is 9.84. The van der Waals surface area contributed by atoms with Gasteiger partial charge in [0, 0.05) is 28.1 Å². The highest BCUT2D eigenvalue weighted by Gasteiger charge is 2.30. The molecule has 2 heterocycles. The standard InChI is InChI=1S/C37H35N3O/c1-22(2)37(6,7)31-16-15-26(20-38)19-30(31)36-39-32(21-40(36)34-24(4)17-23(3)18-25(34)5)29-13-10-12-28-27-11-8-9-14-33(27)41-35(28)29/h8-19,21-22H,1-7H3. The minimum Gasteiger partial charge on any atom is -0.455 e. The summed E-state index contributed by atoms with van der Waals surface area (Å²) >= 11 is 0. The third kappa shape index (κ3) is 4.33. The van der Waals surface area contributed by atoms with Crippen LogP contribution in [0.4, 0.5) is 0 Å². The van der Waals surface area contributed by atoms with Crippen LogP contribution in [0.15, 0.2) is 83.4 Å². The zero-order valence-corrected chi connectivity index (χ0v) is 24.8. The molecule has 6 aromatic rings. The maximum atomic E-state index is 9.90. The van der Waals surface area contributed by atoms with Crippen LogP contribution in [-0.4, -0.2) is 9.55 Å². The zero-order valence-electron chi connectivity index (χ0n) is 24.8. The van der Waals surface area contributed by atoms with Gasteiger partial charge in [0.1, 0.15) is 17.0 Å². The van der Waals surface area contributed by atoms with Crippen LogP contribution in [0.3, 0.4) is 0 Å². The molecular weight excluding hydrogens is 502 g/mol. The summed E-state index contributed by atoms with van der Waals surface area (Å²) in [6.45, 7) is 15.5. The van der Waals surface area contributed by atoms with E-state index in [1.54, 1.807) is 0 Å². The van der Waals surface area contributed by atoms with E-state index in [2.05, 4.69) is 108 Å². The van der Waals surface area contributed by atoms with Crippen LogP contribution in [0.5, 0.6) is 0 Å². The van der Waals surface area contributed by atoms with Crippen molar-refractivity contribution in [3.8, 4) is 34.4 Å². The summed E-state index contributed by atoms with van der Waals surface area (Å²) in [7, 11) is 0. The Morgan fingerprint density at radius 3 is 2.27 bits per heavy atom. The van der Waals surface area contributed by atoms with Gasteiger partial charge < -0.3 is 4.42 Å². The van der Waals surface area contributed by atoms with E-state index in [-0.39, 0.29) is 5.41 Å². The molecule has 4 aromatic carbocycles. The van der Waals surface area contributed by atoms with E-state index in [1.165, 1.54) is 22.3 Å². The van der Waals surface area contributed by atoms with Crippen molar-refractivity contribution >= 4 is 21.9 Å². The molecule has 6 rings (SSSR count). The Morgan fingerprint density at radius 2 is 1.56 bits per heavy atom. The summed E-state index contributed by atoms with van der Waals surface area (Å²) in [6, 6.07) is 27.3. The van der Waals surface area contributed by atoms with Crippen molar-refractivity contribution < 1.29 is 4.42 Å². The number of para-hydroxylation sites is 2. The minimum atomic E-state index is -0.142. The Morgan fingerprint density at radius 1 is 0.854 bits per heavy atom. The molecule has 0 atom stereocenters. The molecule has 0 fully saturated rings. The topological polar surface area (TPSA) is 54.8 Å². The summed E-state index contributed by atoms with van der Waals surface area (Å²) < 4.78 is 8.63. The molecule has 0 aliphatic heterocycles. The lowest BCUT2D eigenvalue weighted by Crippen LogP contribution is -2.25. The fourth-order valence-corrected chi connectivity index (χ4v) is 6.04. The van der Waals surface area contributed by atoms with Gasteiger partial charge in [0.05, 0.1) is 23.0 Å². The molecule has 4 nitrogen and oxygen atoms in total. The number of aryl methyl sites for hydroxylation is 3. The van der Waals surface area contributed by atoms with Gasteiger partial charge in [-0.1, -0.05) is 81.8 Å². The lowest BCUT2D eigenvalue weighted by atomic mass is 9.73. The first-order chi connectivity index (χ1) is 19.6. The molecule has 4 heteroatoms. The molecule has 0 saturated carbocycles. The van der Waals surface area contributed by atoms with Gasteiger partial charge >= 0.3 is 0 Å². The fraction of sp³-hybridized carbons (Fsp3) is 0.243. The second-order valence-corrected chi connectivity index (χ2v) is 12.1. The van der Waals surface area contributed by atoms with Crippen molar-refractivity contribution in [1.82, 2.24) is 9.55 Å². The summed E-state index contributed by atoms with van der Waals surface area (Å²) in [5.41, 5.74) is 10.8. The molecule has 41 heavy (non-hydrogen) atoms. The lowest BCUT2D eigenvalue weighted by molar-refractivity contribution is 0.373. The Kier molecular flexibility index (Phi) is 6.35. The van der Waals surface area contributed by atoms with Gasteiger partial charge in [0.25, 0.3) is 0 Å². The molecular formula is C37H35N3O. The molecule has 0 radical (unpaired) electrons. The Bertz CT molecular complexity index is 1970. The van der Waals surface area contributed by atoms with Gasteiger partial charge in [-0.15, -0.1) is 0 Å². The van der Waals surface area contributed by atoms with E-state index in [4.69, 9.17) is 9.40 Å². The molecule has 0 saturated heterocycles. The van der Waals surface area contributed by atoms with Crippen LogP contribution in [0.2, 0.25) is 0 Å². The van der Waals surface area contributed by atoms with E-state index in [9.17, 15) is 5.26 Å². The van der Waals surface area contributed by atoms with Gasteiger partial charge in [0.15, 0.2) is 0 Å². The van der Waals surface area contributed by atoms with E-state index >= 15 is 0 Å². The quantitative estimate of drug-likeness (QED) is 0.220. The second kappa shape index (κ2) is 9.78. The van der Waals surface area contributed by atoms with E-state index in [0.29, 0.717) is 11.5 Å². The summed E-state index contributed by atoms with van der Waals surface area (Å²) in [5.74, 6) is 1.20. The van der Waals surface area contributed by atoms with Crippen LogP contribution < -0.4 is 0 Å². The average Bonchev–Trinajstić information content (AvgIpc) is 3.54. The summed E-state index contributed by atoms with van der Waals surface area (Å²) in [6.07, 6.45) is 2.13. The van der Waals surface area contributed by atoms with Crippen LogP contribution in [0.1, 0.15) is 55.5 Å². The van der Waals surface area contributed by atoms with E-state index in [1.807, 2.05) is 30.3 Å². The number of nitriles is 1.